The summed E-state index contributed by atoms with van der Waals surface area (Å²) in [6.45, 7) is 9.87. The molecule has 0 aliphatic heterocycles. The van der Waals surface area contributed by atoms with Crippen molar-refractivity contribution in [3.8, 4) is 5.75 Å². The van der Waals surface area contributed by atoms with Gasteiger partial charge in [0.2, 0.25) is 10.0 Å². The molecule has 0 fully saturated rings. The fraction of sp³-hybridized carbons (Fsp3) is 0.438. The minimum atomic E-state index is -3.75. The lowest BCUT2D eigenvalue weighted by atomic mass is 9.86. The minimum Gasteiger partial charge on any atom is -0.423 e. The highest BCUT2D eigenvalue weighted by Crippen LogP contribution is 2.27. The average Bonchev–Trinajstić information content (AvgIpc) is 2.34. The molecule has 0 aromatic heterocycles. The van der Waals surface area contributed by atoms with Crippen molar-refractivity contribution in [2.24, 2.45) is 10.6 Å². The molecule has 0 saturated heterocycles. The van der Waals surface area contributed by atoms with Crippen molar-refractivity contribution in [3.63, 3.8) is 0 Å². The number of carbonyl (C=O) groups excluding carboxylic acids is 1. The summed E-state index contributed by atoms with van der Waals surface area (Å²) < 4.78 is 27.7. The van der Waals surface area contributed by atoms with Crippen LogP contribution in [0.25, 0.3) is 0 Å². The van der Waals surface area contributed by atoms with Crippen LogP contribution in [0.1, 0.15) is 41.0 Å². The first kappa shape index (κ1) is 18.4. The predicted molar refractivity (Wildman–Crippen MR) is 85.9 cm³/mol. The van der Waals surface area contributed by atoms with Crippen LogP contribution in [0.3, 0.4) is 0 Å². The molecule has 0 amide bonds. The Hall–Kier alpha value is -1.66. The van der Waals surface area contributed by atoms with Crippen LogP contribution in [-0.2, 0) is 14.8 Å². The van der Waals surface area contributed by atoms with Crippen LogP contribution in [0.4, 0.5) is 0 Å². The van der Waals surface area contributed by atoms with E-state index < -0.39 is 16.0 Å². The first-order valence-electron chi connectivity index (χ1n) is 6.91. The summed E-state index contributed by atoms with van der Waals surface area (Å²) in [5, 5.41) is 5.02. The summed E-state index contributed by atoms with van der Waals surface area (Å²) in [6, 6.07) is 5.45. The van der Waals surface area contributed by atoms with Gasteiger partial charge in [-0.3, -0.25) is 0 Å². The molecule has 1 aromatic rings. The average molecular weight is 325 g/mol. The highest BCUT2D eigenvalue weighted by Gasteiger charge is 2.21. The zero-order chi connectivity index (χ0) is 17.1. The molecular formula is C16H23NO4S. The van der Waals surface area contributed by atoms with E-state index in [9.17, 15) is 13.2 Å². The van der Waals surface area contributed by atoms with Gasteiger partial charge in [0, 0.05) is 5.57 Å². The Morgan fingerprint density at radius 2 is 1.64 bits per heavy atom. The number of nitrogens with two attached hydrogens (primary N) is 1. The summed E-state index contributed by atoms with van der Waals surface area (Å²) in [7, 11) is -3.75. The van der Waals surface area contributed by atoms with E-state index in [0.29, 0.717) is 12.0 Å². The van der Waals surface area contributed by atoms with Crippen LogP contribution in [-0.4, -0.2) is 14.4 Å². The molecular weight excluding hydrogens is 302 g/mol. The van der Waals surface area contributed by atoms with Gasteiger partial charge in [0.05, 0.1) is 4.90 Å². The van der Waals surface area contributed by atoms with Crippen molar-refractivity contribution >= 4 is 16.0 Å². The maximum Gasteiger partial charge on any atom is 0.339 e. The highest BCUT2D eigenvalue weighted by atomic mass is 32.2. The minimum absolute atomic E-state index is 0.0237. The third-order valence-corrected chi connectivity index (χ3v) is 3.85. The molecule has 22 heavy (non-hydrogen) atoms. The number of carbonyl (C=O) groups is 1. The second kappa shape index (κ2) is 6.62. The molecule has 2 N–H and O–H groups in total. The van der Waals surface area contributed by atoms with Gasteiger partial charge in [-0.15, -0.1) is 0 Å². The molecule has 1 rings (SSSR count). The smallest absolute Gasteiger partial charge is 0.339 e. The summed E-state index contributed by atoms with van der Waals surface area (Å²) in [5.41, 5.74) is 1.49. The van der Waals surface area contributed by atoms with Gasteiger partial charge in [0.15, 0.2) is 0 Å². The molecule has 0 spiro atoms. The van der Waals surface area contributed by atoms with Crippen LogP contribution >= 0.6 is 0 Å². The van der Waals surface area contributed by atoms with E-state index >= 15 is 0 Å². The van der Waals surface area contributed by atoms with Crippen molar-refractivity contribution in [3.05, 3.63) is 35.4 Å². The molecule has 0 bridgehead atoms. The zero-order valence-electron chi connectivity index (χ0n) is 13.6. The van der Waals surface area contributed by atoms with E-state index in [-0.39, 0.29) is 16.1 Å². The first-order valence-corrected chi connectivity index (χ1v) is 8.46. The summed E-state index contributed by atoms with van der Waals surface area (Å²) >= 11 is 0. The molecule has 0 unspecified atom stereocenters. The molecule has 5 nitrogen and oxygen atoms in total. The van der Waals surface area contributed by atoms with Gasteiger partial charge in [-0.05, 0) is 49.9 Å². The Kier molecular flexibility index (Phi) is 5.54. The van der Waals surface area contributed by atoms with Gasteiger partial charge >= 0.3 is 5.97 Å². The molecule has 0 atom stereocenters. The molecule has 0 aliphatic carbocycles. The van der Waals surface area contributed by atoms with Crippen molar-refractivity contribution in [2.75, 3.05) is 0 Å². The van der Waals surface area contributed by atoms with Gasteiger partial charge in [-0.2, -0.15) is 0 Å². The highest BCUT2D eigenvalue weighted by molar-refractivity contribution is 7.89. The molecule has 1 aromatic carbocycles. The van der Waals surface area contributed by atoms with Crippen molar-refractivity contribution in [1.82, 2.24) is 0 Å². The number of esters is 1. The summed E-state index contributed by atoms with van der Waals surface area (Å²) in [5.74, 6) is -0.136. The van der Waals surface area contributed by atoms with Gasteiger partial charge in [-0.25, -0.2) is 18.4 Å². The fourth-order valence-electron chi connectivity index (χ4n) is 1.85. The third-order valence-electron chi connectivity index (χ3n) is 2.92. The van der Waals surface area contributed by atoms with Gasteiger partial charge in [-0.1, -0.05) is 26.3 Å². The molecule has 0 heterocycles. The Balaban J connectivity index is 2.94. The number of allylic oxidation sites excluding steroid dienone is 1. The van der Waals surface area contributed by atoms with E-state index in [1.807, 2.05) is 34.6 Å². The second-order valence-corrected chi connectivity index (χ2v) is 8.18. The molecule has 0 radical (unpaired) electrons. The summed E-state index contributed by atoms with van der Waals surface area (Å²) in [6.07, 6.45) is 0.601. The number of hydrogen-bond acceptors (Lipinski definition) is 4. The largest absolute Gasteiger partial charge is 0.423 e. The van der Waals surface area contributed by atoms with E-state index in [4.69, 9.17) is 9.88 Å². The van der Waals surface area contributed by atoms with Crippen LogP contribution in [0.5, 0.6) is 5.75 Å². The van der Waals surface area contributed by atoms with Crippen molar-refractivity contribution in [2.45, 2.75) is 45.9 Å². The number of benzene rings is 1. The fourth-order valence-corrected chi connectivity index (χ4v) is 2.36. The Labute approximate surface area is 132 Å². The predicted octanol–water partition coefficient (Wildman–Crippen LogP) is 3.01. The lowest BCUT2D eigenvalue weighted by Gasteiger charge is -2.20. The standard InChI is InChI=1S/C16H23NO4S/c1-11(2)14(10-16(3,4)5)15(18)21-12-6-8-13(9-7-12)22(17,19)20/h6-9H,10H2,1-5H3,(H2,17,19,20). The lowest BCUT2D eigenvalue weighted by Crippen LogP contribution is -2.18. The lowest BCUT2D eigenvalue weighted by molar-refractivity contribution is -0.130. The molecule has 0 saturated carbocycles. The third kappa shape index (κ3) is 5.61. The van der Waals surface area contributed by atoms with E-state index in [1.165, 1.54) is 24.3 Å². The monoisotopic (exact) mass is 325 g/mol. The van der Waals surface area contributed by atoms with Crippen molar-refractivity contribution in [1.29, 1.82) is 0 Å². The van der Waals surface area contributed by atoms with Crippen LogP contribution in [0.2, 0.25) is 0 Å². The van der Waals surface area contributed by atoms with E-state index in [1.54, 1.807) is 0 Å². The van der Waals surface area contributed by atoms with Crippen LogP contribution in [0.15, 0.2) is 40.3 Å². The second-order valence-electron chi connectivity index (χ2n) is 6.62. The number of ether oxygens (including phenoxy) is 1. The normalized spacial score (nSPS) is 11.9. The Morgan fingerprint density at radius 3 is 2.00 bits per heavy atom. The van der Waals surface area contributed by atoms with E-state index in [2.05, 4.69) is 0 Å². The zero-order valence-corrected chi connectivity index (χ0v) is 14.5. The summed E-state index contributed by atoms with van der Waals surface area (Å²) in [4.78, 5) is 12.3. The molecule has 0 aliphatic rings. The van der Waals surface area contributed by atoms with E-state index in [0.717, 1.165) is 5.57 Å². The Morgan fingerprint density at radius 1 is 1.14 bits per heavy atom. The Bertz CT molecular complexity index is 676. The molecule has 122 valence electrons. The quantitative estimate of drug-likeness (QED) is 0.524. The van der Waals surface area contributed by atoms with Gasteiger partial charge in [0.1, 0.15) is 5.75 Å². The van der Waals surface area contributed by atoms with Gasteiger partial charge in [0.25, 0.3) is 0 Å². The number of rotatable bonds is 4. The maximum atomic E-state index is 12.3. The number of hydrogen-bond donors (Lipinski definition) is 1. The van der Waals surface area contributed by atoms with Crippen molar-refractivity contribution < 1.29 is 17.9 Å². The number of primary sulfonamides is 1. The maximum absolute atomic E-state index is 12.3. The van der Waals surface area contributed by atoms with Gasteiger partial charge < -0.3 is 4.74 Å². The number of sulfonamides is 1. The van der Waals surface area contributed by atoms with Crippen LogP contribution in [0, 0.1) is 5.41 Å². The topological polar surface area (TPSA) is 86.5 Å². The van der Waals surface area contributed by atoms with Crippen LogP contribution < -0.4 is 9.88 Å². The molecule has 6 heteroatoms. The SMILES string of the molecule is CC(C)=C(CC(C)(C)C)C(=O)Oc1ccc(S(N)(=O)=O)cc1. The first-order chi connectivity index (χ1) is 9.90.